The topological polar surface area (TPSA) is 26.3 Å². The first-order valence-corrected chi connectivity index (χ1v) is 7.54. The number of carbonyl (C=O) groups is 1. The lowest BCUT2D eigenvalue weighted by Gasteiger charge is -2.36. The highest BCUT2D eigenvalue weighted by Gasteiger charge is 2.36. The largest absolute Gasteiger partial charge is 0.466 e. The van der Waals surface area contributed by atoms with Crippen LogP contribution in [0.3, 0.4) is 0 Å². The van der Waals surface area contributed by atoms with Gasteiger partial charge in [0.2, 0.25) is 0 Å². The van der Waals surface area contributed by atoms with Gasteiger partial charge < -0.3 is 4.74 Å². The molecule has 108 valence electrons. The molecule has 0 radical (unpaired) electrons. The van der Waals surface area contributed by atoms with Crippen molar-refractivity contribution in [2.45, 2.75) is 41.0 Å². The van der Waals surface area contributed by atoms with Crippen molar-refractivity contribution in [2.24, 2.45) is 29.6 Å². The molecule has 1 aliphatic rings. The Hall–Kier alpha value is -1.05. The highest BCUT2D eigenvalue weighted by molar-refractivity contribution is 5.72. The fourth-order valence-corrected chi connectivity index (χ4v) is 3.28. The Kier molecular flexibility index (Phi) is 6.33. The van der Waals surface area contributed by atoms with E-state index in [4.69, 9.17) is 4.74 Å². The van der Waals surface area contributed by atoms with Gasteiger partial charge in [-0.25, -0.2) is 0 Å². The molecule has 2 nitrogen and oxygen atoms in total. The van der Waals surface area contributed by atoms with Crippen molar-refractivity contribution in [3.05, 3.63) is 24.3 Å². The lowest BCUT2D eigenvalue weighted by atomic mass is 9.68. The molecule has 0 amide bonds. The second-order valence-electron chi connectivity index (χ2n) is 5.78. The lowest BCUT2D eigenvalue weighted by Crippen LogP contribution is -2.35. The molecule has 1 rings (SSSR count). The molecule has 0 aromatic carbocycles. The van der Waals surface area contributed by atoms with Crippen molar-refractivity contribution >= 4 is 5.97 Å². The molecule has 0 aliphatic heterocycles. The van der Waals surface area contributed by atoms with E-state index in [2.05, 4.69) is 45.1 Å². The van der Waals surface area contributed by atoms with E-state index in [-0.39, 0.29) is 11.9 Å². The number of carbonyl (C=O) groups excluding carboxylic acids is 1. The van der Waals surface area contributed by atoms with Gasteiger partial charge in [-0.3, -0.25) is 4.79 Å². The minimum atomic E-state index is -0.0565. The number of esters is 1. The van der Waals surface area contributed by atoms with Crippen molar-refractivity contribution in [1.82, 2.24) is 0 Å². The zero-order chi connectivity index (χ0) is 14.4. The second kappa shape index (κ2) is 7.52. The third-order valence-corrected chi connectivity index (χ3v) is 4.22. The van der Waals surface area contributed by atoms with Crippen LogP contribution < -0.4 is 0 Å². The lowest BCUT2D eigenvalue weighted by molar-refractivity contribution is -0.150. The molecule has 4 atom stereocenters. The molecule has 0 saturated heterocycles. The molecule has 0 aromatic rings. The van der Waals surface area contributed by atoms with Gasteiger partial charge >= 0.3 is 5.97 Å². The van der Waals surface area contributed by atoms with Gasteiger partial charge in [-0.2, -0.15) is 0 Å². The number of allylic oxidation sites excluding steroid dienone is 4. The maximum atomic E-state index is 12.1. The minimum absolute atomic E-state index is 0.0462. The fourth-order valence-electron chi connectivity index (χ4n) is 3.28. The van der Waals surface area contributed by atoms with Crippen molar-refractivity contribution in [1.29, 1.82) is 0 Å². The van der Waals surface area contributed by atoms with E-state index in [1.807, 2.05) is 13.8 Å². The molecule has 0 heterocycles. The number of ether oxygens (including phenoxy) is 1. The predicted molar refractivity (Wildman–Crippen MR) is 79.7 cm³/mol. The molecule has 0 spiro atoms. The zero-order valence-corrected chi connectivity index (χ0v) is 12.9. The predicted octanol–water partition coefficient (Wildman–Crippen LogP) is 4.23. The van der Waals surface area contributed by atoms with Crippen LogP contribution in [0.1, 0.15) is 41.0 Å². The van der Waals surface area contributed by atoms with E-state index in [0.717, 1.165) is 6.42 Å². The van der Waals surface area contributed by atoms with Gasteiger partial charge in [0, 0.05) is 0 Å². The second-order valence-corrected chi connectivity index (χ2v) is 5.78. The van der Waals surface area contributed by atoms with Gasteiger partial charge in [-0.05, 0) is 37.0 Å². The molecule has 0 N–H and O–H groups in total. The summed E-state index contributed by atoms with van der Waals surface area (Å²) in [7, 11) is 0. The first-order valence-electron chi connectivity index (χ1n) is 7.54. The summed E-state index contributed by atoms with van der Waals surface area (Å²) in [6, 6.07) is 0. The number of rotatable bonds is 6. The highest BCUT2D eigenvalue weighted by Crippen LogP contribution is 2.38. The Labute approximate surface area is 117 Å². The standard InChI is InChI=1S/C17H28O2/c1-6-14-10-8-9-11-15(14)16(12(3)4)13(5)17(18)19-7-2/h8-16H,6-7H2,1-5H3. The van der Waals surface area contributed by atoms with Gasteiger partial charge in [0.25, 0.3) is 0 Å². The minimum Gasteiger partial charge on any atom is -0.466 e. The summed E-state index contributed by atoms with van der Waals surface area (Å²) in [6.07, 6.45) is 9.90. The molecule has 4 unspecified atom stereocenters. The molecular formula is C17H28O2. The molecular weight excluding hydrogens is 236 g/mol. The molecule has 0 fully saturated rings. The van der Waals surface area contributed by atoms with Crippen molar-refractivity contribution in [3.63, 3.8) is 0 Å². The van der Waals surface area contributed by atoms with E-state index >= 15 is 0 Å². The normalized spacial score (nSPS) is 25.4. The maximum absolute atomic E-state index is 12.1. The summed E-state index contributed by atoms with van der Waals surface area (Å²) in [6.45, 7) is 11.0. The Morgan fingerprint density at radius 3 is 2.32 bits per heavy atom. The van der Waals surface area contributed by atoms with Gasteiger partial charge in [-0.15, -0.1) is 0 Å². The monoisotopic (exact) mass is 264 g/mol. The summed E-state index contributed by atoms with van der Waals surface area (Å²) in [5.41, 5.74) is 0. The Morgan fingerprint density at radius 1 is 1.16 bits per heavy atom. The van der Waals surface area contributed by atoms with Crippen LogP contribution in [0.15, 0.2) is 24.3 Å². The van der Waals surface area contributed by atoms with Crippen molar-refractivity contribution < 1.29 is 9.53 Å². The first-order chi connectivity index (χ1) is 9.02. The fraction of sp³-hybridized carbons (Fsp3) is 0.706. The van der Waals surface area contributed by atoms with E-state index in [0.29, 0.717) is 30.3 Å². The Balaban J connectivity index is 2.90. The SMILES string of the molecule is CCOC(=O)C(C)C(C(C)C)C1C=CC=CC1CC. The number of hydrogen-bond donors (Lipinski definition) is 0. The Morgan fingerprint density at radius 2 is 1.79 bits per heavy atom. The molecule has 0 bridgehead atoms. The van der Waals surface area contributed by atoms with Crippen LogP contribution >= 0.6 is 0 Å². The van der Waals surface area contributed by atoms with Gasteiger partial charge in [0.1, 0.15) is 0 Å². The Bertz CT molecular complexity index is 341. The average molecular weight is 264 g/mol. The van der Waals surface area contributed by atoms with E-state index in [9.17, 15) is 4.79 Å². The zero-order valence-electron chi connectivity index (χ0n) is 12.9. The summed E-state index contributed by atoms with van der Waals surface area (Å²) in [5, 5.41) is 0. The van der Waals surface area contributed by atoms with Crippen LogP contribution in [0.25, 0.3) is 0 Å². The van der Waals surface area contributed by atoms with E-state index in [1.54, 1.807) is 0 Å². The van der Waals surface area contributed by atoms with E-state index in [1.165, 1.54) is 0 Å². The molecule has 19 heavy (non-hydrogen) atoms. The van der Waals surface area contributed by atoms with Crippen LogP contribution in [0, 0.1) is 29.6 Å². The maximum Gasteiger partial charge on any atom is 0.308 e. The van der Waals surface area contributed by atoms with Crippen molar-refractivity contribution in [2.75, 3.05) is 6.61 Å². The van der Waals surface area contributed by atoms with Crippen LogP contribution in [-0.4, -0.2) is 12.6 Å². The van der Waals surface area contributed by atoms with E-state index < -0.39 is 0 Å². The van der Waals surface area contributed by atoms with Crippen molar-refractivity contribution in [3.8, 4) is 0 Å². The molecule has 0 saturated carbocycles. The summed E-state index contributed by atoms with van der Waals surface area (Å²) in [4.78, 5) is 12.1. The van der Waals surface area contributed by atoms with Crippen LogP contribution in [0.5, 0.6) is 0 Å². The number of hydrogen-bond acceptors (Lipinski definition) is 2. The van der Waals surface area contributed by atoms with Gasteiger partial charge in [0.05, 0.1) is 12.5 Å². The quantitative estimate of drug-likeness (QED) is 0.671. The third-order valence-electron chi connectivity index (χ3n) is 4.22. The van der Waals surface area contributed by atoms with Crippen LogP contribution in [0.4, 0.5) is 0 Å². The molecule has 2 heteroatoms. The average Bonchev–Trinajstić information content (AvgIpc) is 2.39. The molecule has 1 aliphatic carbocycles. The third kappa shape index (κ3) is 3.95. The van der Waals surface area contributed by atoms with Gasteiger partial charge in [-0.1, -0.05) is 52.0 Å². The first kappa shape index (κ1) is 16.0. The highest BCUT2D eigenvalue weighted by atomic mass is 16.5. The summed E-state index contributed by atoms with van der Waals surface area (Å²) < 4.78 is 5.21. The molecule has 0 aromatic heterocycles. The summed E-state index contributed by atoms with van der Waals surface area (Å²) >= 11 is 0. The van der Waals surface area contributed by atoms with Gasteiger partial charge in [0.15, 0.2) is 0 Å². The smallest absolute Gasteiger partial charge is 0.308 e. The van der Waals surface area contributed by atoms with Crippen LogP contribution in [0.2, 0.25) is 0 Å². The van der Waals surface area contributed by atoms with Crippen LogP contribution in [-0.2, 0) is 9.53 Å². The summed E-state index contributed by atoms with van der Waals surface area (Å²) in [5.74, 6) is 1.68.